The second-order valence-electron chi connectivity index (χ2n) is 5.22. The fraction of sp³-hybridized carbons (Fsp3) is 0.176. The predicted molar refractivity (Wildman–Crippen MR) is 82.6 cm³/mol. The zero-order chi connectivity index (χ0) is 15.5. The third-order valence-corrected chi connectivity index (χ3v) is 3.65. The van der Waals surface area contributed by atoms with Crippen LogP contribution < -0.4 is 15.4 Å². The number of rotatable bonds is 4. The molecule has 1 heterocycles. The highest BCUT2D eigenvalue weighted by Crippen LogP contribution is 2.28. The highest BCUT2D eigenvalue weighted by molar-refractivity contribution is 6.00. The minimum Gasteiger partial charge on any atom is -0.457 e. The lowest BCUT2D eigenvalue weighted by Gasteiger charge is -2.16. The molecule has 0 radical (unpaired) electrons. The van der Waals surface area contributed by atoms with Gasteiger partial charge < -0.3 is 15.4 Å². The molecule has 2 amide bonds. The maximum atomic E-state index is 12.0. The summed E-state index contributed by atoms with van der Waals surface area (Å²) in [5.41, 5.74) is 6.02. The molecule has 2 N–H and O–H groups in total. The van der Waals surface area contributed by atoms with Gasteiger partial charge in [-0.1, -0.05) is 18.2 Å². The van der Waals surface area contributed by atoms with Gasteiger partial charge in [0.05, 0.1) is 5.92 Å². The van der Waals surface area contributed by atoms with Gasteiger partial charge in [0.1, 0.15) is 11.5 Å². The number of carbonyl (C=O) groups is 2. The Morgan fingerprint density at radius 1 is 1.05 bits per heavy atom. The first kappa shape index (κ1) is 14.1. The molecule has 1 aliphatic heterocycles. The van der Waals surface area contributed by atoms with Crippen LogP contribution in [0.4, 0.5) is 5.69 Å². The number of nitrogens with two attached hydrogens (primary N) is 1. The fourth-order valence-corrected chi connectivity index (χ4v) is 2.47. The second-order valence-corrected chi connectivity index (χ2v) is 5.22. The number of primary amides is 1. The van der Waals surface area contributed by atoms with Gasteiger partial charge in [0.2, 0.25) is 11.8 Å². The van der Waals surface area contributed by atoms with Crippen molar-refractivity contribution >= 4 is 17.5 Å². The van der Waals surface area contributed by atoms with Crippen molar-refractivity contribution in [1.82, 2.24) is 0 Å². The van der Waals surface area contributed by atoms with Crippen LogP contribution in [0.5, 0.6) is 11.5 Å². The Morgan fingerprint density at radius 3 is 2.27 bits per heavy atom. The van der Waals surface area contributed by atoms with Crippen LogP contribution >= 0.6 is 0 Å². The summed E-state index contributed by atoms with van der Waals surface area (Å²) in [6.07, 6.45) is 0.178. The topological polar surface area (TPSA) is 72.6 Å². The predicted octanol–water partition coefficient (Wildman–Crippen LogP) is 2.32. The average molecular weight is 296 g/mol. The molecule has 5 heteroatoms. The van der Waals surface area contributed by atoms with Crippen LogP contribution in [0, 0.1) is 5.92 Å². The number of carbonyl (C=O) groups excluding carboxylic acids is 2. The Balaban J connectivity index is 1.72. The number of ether oxygens (including phenoxy) is 1. The van der Waals surface area contributed by atoms with E-state index in [1.165, 1.54) is 0 Å². The molecule has 1 fully saturated rings. The number of para-hydroxylation sites is 1. The van der Waals surface area contributed by atoms with Gasteiger partial charge in [0, 0.05) is 18.7 Å². The van der Waals surface area contributed by atoms with Crippen molar-refractivity contribution in [3.63, 3.8) is 0 Å². The largest absolute Gasteiger partial charge is 0.457 e. The number of amides is 2. The third-order valence-electron chi connectivity index (χ3n) is 3.65. The monoisotopic (exact) mass is 296 g/mol. The summed E-state index contributed by atoms with van der Waals surface area (Å²) < 4.78 is 5.70. The smallest absolute Gasteiger partial charge is 0.227 e. The highest BCUT2D eigenvalue weighted by Gasteiger charge is 2.33. The van der Waals surface area contributed by atoms with Crippen LogP contribution in [0.3, 0.4) is 0 Å². The van der Waals surface area contributed by atoms with E-state index in [4.69, 9.17) is 10.5 Å². The number of hydrogen-bond acceptors (Lipinski definition) is 3. The van der Waals surface area contributed by atoms with Crippen LogP contribution in [-0.2, 0) is 9.59 Å². The van der Waals surface area contributed by atoms with Crippen molar-refractivity contribution in [2.45, 2.75) is 6.42 Å². The molecule has 0 bridgehead atoms. The van der Waals surface area contributed by atoms with Gasteiger partial charge in [0.25, 0.3) is 0 Å². The molecule has 3 rings (SSSR count). The fourth-order valence-electron chi connectivity index (χ4n) is 2.47. The Labute approximate surface area is 128 Å². The first-order chi connectivity index (χ1) is 10.6. The summed E-state index contributed by atoms with van der Waals surface area (Å²) >= 11 is 0. The van der Waals surface area contributed by atoms with Gasteiger partial charge in [-0.15, -0.1) is 0 Å². The molecule has 0 saturated carbocycles. The summed E-state index contributed by atoms with van der Waals surface area (Å²) in [4.78, 5) is 24.7. The van der Waals surface area contributed by atoms with Crippen molar-refractivity contribution in [2.75, 3.05) is 11.4 Å². The highest BCUT2D eigenvalue weighted by atomic mass is 16.5. The standard InChI is InChI=1S/C17H16N2O3/c18-17(21)12-10-16(20)19(11-12)13-6-8-15(9-7-13)22-14-4-2-1-3-5-14/h1-9,12H,10-11H2,(H2,18,21). The Hall–Kier alpha value is -2.82. The third kappa shape index (κ3) is 2.93. The summed E-state index contributed by atoms with van der Waals surface area (Å²) in [6.45, 7) is 0.340. The Bertz CT molecular complexity index is 683. The molecule has 22 heavy (non-hydrogen) atoms. The Kier molecular flexibility index (Phi) is 3.78. The minimum atomic E-state index is -0.431. The molecule has 0 spiro atoms. The summed E-state index contributed by atoms with van der Waals surface area (Å²) in [5.74, 6) is 0.516. The van der Waals surface area contributed by atoms with E-state index < -0.39 is 11.8 Å². The SMILES string of the molecule is NC(=O)C1CC(=O)N(c2ccc(Oc3ccccc3)cc2)C1. The van der Waals surface area contributed by atoms with Crippen molar-refractivity contribution < 1.29 is 14.3 Å². The zero-order valence-corrected chi connectivity index (χ0v) is 11.9. The van der Waals surface area contributed by atoms with E-state index in [2.05, 4.69) is 0 Å². The summed E-state index contributed by atoms with van der Waals surface area (Å²) in [7, 11) is 0. The lowest BCUT2D eigenvalue weighted by Crippen LogP contribution is -2.28. The van der Waals surface area contributed by atoms with Gasteiger partial charge in [-0.05, 0) is 36.4 Å². The van der Waals surface area contributed by atoms with E-state index in [0.29, 0.717) is 12.3 Å². The molecule has 0 aliphatic carbocycles. The van der Waals surface area contributed by atoms with Gasteiger partial charge in [-0.2, -0.15) is 0 Å². The van der Waals surface area contributed by atoms with E-state index in [9.17, 15) is 9.59 Å². The molecule has 2 aromatic rings. The van der Waals surface area contributed by atoms with Crippen molar-refractivity contribution in [3.8, 4) is 11.5 Å². The molecule has 1 aliphatic rings. The van der Waals surface area contributed by atoms with E-state index in [1.807, 2.05) is 30.3 Å². The van der Waals surface area contributed by atoms with Crippen LogP contribution in [-0.4, -0.2) is 18.4 Å². The number of anilines is 1. The molecule has 112 valence electrons. The van der Waals surface area contributed by atoms with Crippen molar-refractivity contribution in [2.24, 2.45) is 11.7 Å². The molecule has 5 nitrogen and oxygen atoms in total. The summed E-state index contributed by atoms with van der Waals surface area (Å²) in [5, 5.41) is 0. The van der Waals surface area contributed by atoms with Gasteiger partial charge in [-0.3, -0.25) is 9.59 Å². The van der Waals surface area contributed by atoms with Crippen molar-refractivity contribution in [1.29, 1.82) is 0 Å². The molecule has 1 unspecified atom stereocenters. The van der Waals surface area contributed by atoms with E-state index in [0.717, 1.165) is 11.4 Å². The average Bonchev–Trinajstić information content (AvgIpc) is 2.91. The van der Waals surface area contributed by atoms with Gasteiger partial charge in [-0.25, -0.2) is 0 Å². The normalized spacial score (nSPS) is 17.5. The van der Waals surface area contributed by atoms with Crippen LogP contribution in [0.25, 0.3) is 0 Å². The molecule has 1 atom stereocenters. The van der Waals surface area contributed by atoms with E-state index in [-0.39, 0.29) is 12.3 Å². The van der Waals surface area contributed by atoms with Gasteiger partial charge in [0.15, 0.2) is 0 Å². The van der Waals surface area contributed by atoms with E-state index in [1.54, 1.807) is 29.2 Å². The minimum absolute atomic E-state index is 0.0828. The molecule has 2 aromatic carbocycles. The maximum Gasteiger partial charge on any atom is 0.227 e. The summed E-state index contributed by atoms with van der Waals surface area (Å²) in [6, 6.07) is 16.7. The lowest BCUT2D eigenvalue weighted by atomic mass is 10.1. The number of benzene rings is 2. The van der Waals surface area contributed by atoms with Gasteiger partial charge >= 0.3 is 0 Å². The van der Waals surface area contributed by atoms with Crippen molar-refractivity contribution in [3.05, 3.63) is 54.6 Å². The van der Waals surface area contributed by atoms with Crippen LogP contribution in [0.2, 0.25) is 0 Å². The zero-order valence-electron chi connectivity index (χ0n) is 11.9. The first-order valence-corrected chi connectivity index (χ1v) is 7.06. The molecule has 0 aromatic heterocycles. The second kappa shape index (κ2) is 5.89. The van der Waals surface area contributed by atoms with E-state index >= 15 is 0 Å². The lowest BCUT2D eigenvalue weighted by molar-refractivity contribution is -0.123. The molecular weight excluding hydrogens is 280 g/mol. The number of hydrogen-bond donors (Lipinski definition) is 1. The Morgan fingerprint density at radius 2 is 1.68 bits per heavy atom. The molecular formula is C17H16N2O3. The van der Waals surface area contributed by atoms with Crippen LogP contribution in [0.1, 0.15) is 6.42 Å². The first-order valence-electron chi connectivity index (χ1n) is 7.06. The maximum absolute atomic E-state index is 12.0. The van der Waals surface area contributed by atoms with Crippen LogP contribution in [0.15, 0.2) is 54.6 Å². The molecule has 1 saturated heterocycles. The number of nitrogens with zero attached hydrogens (tertiary/aromatic N) is 1. The quantitative estimate of drug-likeness (QED) is 0.941.